The van der Waals surface area contributed by atoms with Gasteiger partial charge in [0.2, 0.25) is 0 Å². The van der Waals surface area contributed by atoms with Crippen LogP contribution in [0.2, 0.25) is 0 Å². The number of ether oxygens (including phenoxy) is 1. The molecule has 0 spiro atoms. The van der Waals surface area contributed by atoms with Crippen molar-refractivity contribution in [3.63, 3.8) is 0 Å². The fourth-order valence-corrected chi connectivity index (χ4v) is 3.31. The lowest BCUT2D eigenvalue weighted by atomic mass is 10.0. The molecule has 1 fully saturated rings. The first kappa shape index (κ1) is 12.7. The molecule has 5 heteroatoms. The molecule has 1 aliphatic heterocycles. The van der Waals surface area contributed by atoms with Gasteiger partial charge in [-0.3, -0.25) is 4.79 Å². The molecule has 1 amide bonds. The van der Waals surface area contributed by atoms with Crippen LogP contribution >= 0.6 is 22.9 Å². The molecule has 1 aliphatic rings. The summed E-state index contributed by atoms with van der Waals surface area (Å²) in [6, 6.07) is 2.00. The van der Waals surface area contributed by atoms with Gasteiger partial charge >= 0.3 is 0 Å². The molecule has 17 heavy (non-hydrogen) atoms. The molecule has 0 aromatic carbocycles. The molecule has 1 unspecified atom stereocenters. The number of hydrogen-bond acceptors (Lipinski definition) is 3. The van der Waals surface area contributed by atoms with Crippen LogP contribution in [-0.2, 0) is 0 Å². The molecule has 3 nitrogen and oxygen atoms in total. The minimum absolute atomic E-state index is 0.0576. The summed E-state index contributed by atoms with van der Waals surface area (Å²) in [7, 11) is 1.59. The highest BCUT2D eigenvalue weighted by atomic mass is 35.5. The predicted octanol–water partition coefficient (Wildman–Crippen LogP) is 2.99. The quantitative estimate of drug-likeness (QED) is 0.793. The number of amides is 1. The Morgan fingerprint density at radius 1 is 1.65 bits per heavy atom. The summed E-state index contributed by atoms with van der Waals surface area (Å²) < 4.78 is 5.20. The molecule has 0 N–H and O–H groups in total. The zero-order valence-electron chi connectivity index (χ0n) is 9.82. The molecule has 1 aromatic heterocycles. The molecule has 0 radical (unpaired) electrons. The molecule has 0 aliphatic carbocycles. The third-order valence-electron chi connectivity index (χ3n) is 3.11. The Bertz CT molecular complexity index is 394. The Morgan fingerprint density at radius 3 is 3.18 bits per heavy atom. The van der Waals surface area contributed by atoms with Gasteiger partial charge in [-0.25, -0.2) is 0 Å². The Kier molecular flexibility index (Phi) is 4.29. The third kappa shape index (κ3) is 2.58. The number of halogens is 1. The molecule has 1 atom stereocenters. The Balaban J connectivity index is 2.18. The summed E-state index contributed by atoms with van der Waals surface area (Å²) in [5.41, 5.74) is 0. The van der Waals surface area contributed by atoms with Gasteiger partial charge in [-0.15, -0.1) is 22.9 Å². The number of alkyl halides is 1. The van der Waals surface area contributed by atoms with Gasteiger partial charge in [-0.1, -0.05) is 0 Å². The maximum absolute atomic E-state index is 12.4. The van der Waals surface area contributed by atoms with Gasteiger partial charge in [0.25, 0.3) is 5.91 Å². The molecule has 1 saturated heterocycles. The van der Waals surface area contributed by atoms with Crippen LogP contribution in [0.1, 0.15) is 28.9 Å². The molecule has 2 heterocycles. The highest BCUT2D eigenvalue weighted by Gasteiger charge is 2.29. The average molecular weight is 274 g/mol. The van der Waals surface area contributed by atoms with Gasteiger partial charge in [0.1, 0.15) is 10.6 Å². The van der Waals surface area contributed by atoms with Crippen LogP contribution in [0.25, 0.3) is 0 Å². The van der Waals surface area contributed by atoms with Crippen LogP contribution in [-0.4, -0.2) is 36.4 Å². The largest absolute Gasteiger partial charge is 0.495 e. The summed E-state index contributed by atoms with van der Waals surface area (Å²) >= 11 is 7.36. The van der Waals surface area contributed by atoms with Crippen molar-refractivity contribution in [3.8, 4) is 5.75 Å². The van der Waals surface area contributed by atoms with Crippen molar-refractivity contribution in [3.05, 3.63) is 16.3 Å². The fourth-order valence-electron chi connectivity index (χ4n) is 2.17. The highest BCUT2D eigenvalue weighted by molar-refractivity contribution is 7.12. The van der Waals surface area contributed by atoms with Crippen LogP contribution in [0, 0.1) is 0 Å². The number of rotatable bonds is 3. The smallest absolute Gasteiger partial charge is 0.268 e. The third-order valence-corrected chi connectivity index (χ3v) is 4.35. The predicted molar refractivity (Wildman–Crippen MR) is 70.3 cm³/mol. The summed E-state index contributed by atoms with van der Waals surface area (Å²) in [6.07, 6.45) is 3.22. The van der Waals surface area contributed by atoms with E-state index in [1.165, 1.54) is 11.3 Å². The van der Waals surface area contributed by atoms with Crippen molar-refractivity contribution in [2.45, 2.75) is 25.3 Å². The van der Waals surface area contributed by atoms with E-state index >= 15 is 0 Å². The molecule has 0 bridgehead atoms. The lowest BCUT2D eigenvalue weighted by Gasteiger charge is -2.34. The zero-order valence-corrected chi connectivity index (χ0v) is 11.4. The number of piperidine rings is 1. The second kappa shape index (κ2) is 5.74. The van der Waals surface area contributed by atoms with E-state index in [-0.39, 0.29) is 11.9 Å². The molecule has 0 saturated carbocycles. The SMILES string of the molecule is COc1ccsc1C(=O)N1CCCCC1CCl. The zero-order chi connectivity index (χ0) is 12.3. The van der Waals surface area contributed by atoms with Crippen LogP contribution in [0.3, 0.4) is 0 Å². The maximum Gasteiger partial charge on any atom is 0.268 e. The lowest BCUT2D eigenvalue weighted by Crippen LogP contribution is -2.44. The number of nitrogens with zero attached hydrogens (tertiary/aromatic N) is 1. The highest BCUT2D eigenvalue weighted by Crippen LogP contribution is 2.29. The van der Waals surface area contributed by atoms with Gasteiger partial charge < -0.3 is 9.64 Å². The number of carbonyl (C=O) groups is 1. The minimum Gasteiger partial charge on any atom is -0.495 e. The number of thiophene rings is 1. The number of hydrogen-bond donors (Lipinski definition) is 0. The Hall–Kier alpha value is -0.740. The first-order valence-electron chi connectivity index (χ1n) is 5.76. The van der Waals surface area contributed by atoms with Gasteiger partial charge in [-0.05, 0) is 30.7 Å². The van der Waals surface area contributed by atoms with E-state index in [2.05, 4.69) is 0 Å². The summed E-state index contributed by atoms with van der Waals surface area (Å²) in [5, 5.41) is 1.88. The molecular formula is C12H16ClNO2S. The van der Waals surface area contributed by atoms with Crippen molar-refractivity contribution < 1.29 is 9.53 Å². The van der Waals surface area contributed by atoms with E-state index in [0.29, 0.717) is 16.5 Å². The van der Waals surface area contributed by atoms with Crippen LogP contribution in [0.5, 0.6) is 5.75 Å². The molecule has 1 aromatic rings. The average Bonchev–Trinajstić information content (AvgIpc) is 2.86. The Labute approximate surface area is 110 Å². The van der Waals surface area contributed by atoms with E-state index in [4.69, 9.17) is 16.3 Å². The van der Waals surface area contributed by atoms with E-state index < -0.39 is 0 Å². The monoisotopic (exact) mass is 273 g/mol. The van der Waals surface area contributed by atoms with Crippen molar-refractivity contribution in [1.29, 1.82) is 0 Å². The van der Waals surface area contributed by atoms with E-state index in [0.717, 1.165) is 25.8 Å². The number of methoxy groups -OCH3 is 1. The second-order valence-corrected chi connectivity index (χ2v) is 5.35. The topological polar surface area (TPSA) is 29.5 Å². The van der Waals surface area contributed by atoms with Crippen LogP contribution < -0.4 is 4.74 Å². The van der Waals surface area contributed by atoms with Crippen molar-refractivity contribution in [1.82, 2.24) is 4.90 Å². The van der Waals surface area contributed by atoms with Gasteiger partial charge in [-0.2, -0.15) is 0 Å². The van der Waals surface area contributed by atoms with Crippen molar-refractivity contribution in [2.75, 3.05) is 19.5 Å². The normalized spacial score (nSPS) is 20.4. The summed E-state index contributed by atoms with van der Waals surface area (Å²) in [6.45, 7) is 0.803. The standard InChI is InChI=1S/C12H16ClNO2S/c1-16-10-5-7-17-11(10)12(15)14-6-3-2-4-9(14)8-13/h5,7,9H,2-4,6,8H2,1H3. The second-order valence-electron chi connectivity index (χ2n) is 4.12. The first-order valence-corrected chi connectivity index (χ1v) is 7.17. The maximum atomic E-state index is 12.4. The van der Waals surface area contributed by atoms with Crippen LogP contribution in [0.4, 0.5) is 0 Å². The van der Waals surface area contributed by atoms with Crippen LogP contribution in [0.15, 0.2) is 11.4 Å². The molecule has 94 valence electrons. The van der Waals surface area contributed by atoms with Gasteiger partial charge in [0.05, 0.1) is 7.11 Å². The molecule has 2 rings (SSSR count). The van der Waals surface area contributed by atoms with Crippen molar-refractivity contribution >= 4 is 28.8 Å². The first-order chi connectivity index (χ1) is 8.27. The van der Waals surface area contributed by atoms with Gasteiger partial charge in [0.15, 0.2) is 0 Å². The van der Waals surface area contributed by atoms with Crippen molar-refractivity contribution in [2.24, 2.45) is 0 Å². The number of carbonyl (C=O) groups excluding carboxylic acids is 1. The summed E-state index contributed by atoms with van der Waals surface area (Å²) in [4.78, 5) is 15.0. The fraction of sp³-hybridized carbons (Fsp3) is 0.583. The van der Waals surface area contributed by atoms with E-state index in [1.54, 1.807) is 7.11 Å². The number of likely N-dealkylation sites (tertiary alicyclic amines) is 1. The van der Waals surface area contributed by atoms with Gasteiger partial charge in [0, 0.05) is 18.5 Å². The minimum atomic E-state index is 0.0576. The lowest BCUT2D eigenvalue weighted by molar-refractivity contribution is 0.0641. The Morgan fingerprint density at radius 2 is 2.47 bits per heavy atom. The van der Waals surface area contributed by atoms with E-state index in [9.17, 15) is 4.79 Å². The summed E-state index contributed by atoms with van der Waals surface area (Å²) in [5.74, 6) is 1.24. The molecular weight excluding hydrogens is 258 g/mol. The van der Waals surface area contributed by atoms with E-state index in [1.807, 2.05) is 16.3 Å².